The number of fused-ring (bicyclic) bond motifs is 1. The number of pyridine rings is 2. The lowest BCUT2D eigenvalue weighted by atomic mass is 10.1. The quantitative estimate of drug-likeness (QED) is 0.372. The molecule has 0 unspecified atom stereocenters. The number of hydrogen-bond donors (Lipinski definition) is 1. The Morgan fingerprint density at radius 1 is 1.33 bits per heavy atom. The number of nitrogens with one attached hydrogen (secondary N) is 1. The van der Waals surface area contributed by atoms with E-state index in [9.17, 15) is 10.1 Å². The third-order valence-corrected chi connectivity index (χ3v) is 4.33. The Bertz CT molecular complexity index is 903. The summed E-state index contributed by atoms with van der Waals surface area (Å²) in [7, 11) is 1.56. The van der Waals surface area contributed by atoms with Crippen molar-refractivity contribution in [2.75, 3.05) is 12.4 Å². The average Bonchev–Trinajstić information content (AvgIpc) is 2.59. The molecule has 0 aliphatic heterocycles. The van der Waals surface area contributed by atoms with E-state index in [4.69, 9.17) is 4.74 Å². The van der Waals surface area contributed by atoms with Crippen molar-refractivity contribution in [3.8, 4) is 5.75 Å². The van der Waals surface area contributed by atoms with E-state index >= 15 is 0 Å². The van der Waals surface area contributed by atoms with Gasteiger partial charge in [0.25, 0.3) is 0 Å². The first-order chi connectivity index (χ1) is 11.6. The normalized spacial score (nSPS) is 10.6. The molecular formula is C16H13IN4O3. The van der Waals surface area contributed by atoms with Crippen LogP contribution in [0.15, 0.2) is 42.7 Å². The van der Waals surface area contributed by atoms with Gasteiger partial charge in [-0.25, -0.2) is 4.98 Å². The Labute approximate surface area is 151 Å². The minimum atomic E-state index is -0.447. The maximum atomic E-state index is 11.4. The highest BCUT2D eigenvalue weighted by Gasteiger charge is 2.19. The fraction of sp³-hybridized carbons (Fsp3) is 0.125. The summed E-state index contributed by atoms with van der Waals surface area (Å²) in [5, 5.41) is 15.1. The van der Waals surface area contributed by atoms with E-state index in [1.165, 1.54) is 6.20 Å². The Kier molecular flexibility index (Phi) is 4.74. The number of ether oxygens (including phenoxy) is 1. The second kappa shape index (κ2) is 6.95. The van der Waals surface area contributed by atoms with Crippen LogP contribution in [-0.2, 0) is 6.54 Å². The van der Waals surface area contributed by atoms with Crippen molar-refractivity contribution >= 4 is 44.9 Å². The summed E-state index contributed by atoms with van der Waals surface area (Å²) >= 11 is 2.14. The second-order valence-corrected chi connectivity index (χ2v) is 6.12. The molecule has 7 nitrogen and oxygen atoms in total. The van der Waals surface area contributed by atoms with E-state index < -0.39 is 4.92 Å². The van der Waals surface area contributed by atoms with Crippen molar-refractivity contribution in [1.82, 2.24) is 9.97 Å². The molecule has 0 atom stereocenters. The van der Waals surface area contributed by atoms with E-state index in [1.54, 1.807) is 19.4 Å². The minimum Gasteiger partial charge on any atom is -0.496 e. The molecule has 3 aromatic rings. The van der Waals surface area contributed by atoms with Crippen LogP contribution in [0.1, 0.15) is 5.69 Å². The summed E-state index contributed by atoms with van der Waals surface area (Å²) in [5.74, 6) is 0.645. The number of nitrogens with zero attached hydrogens (tertiary/aromatic N) is 3. The van der Waals surface area contributed by atoms with Gasteiger partial charge in [-0.2, -0.15) is 0 Å². The molecule has 3 rings (SSSR count). The third kappa shape index (κ3) is 3.23. The maximum Gasteiger partial charge on any atom is 0.311 e. The van der Waals surface area contributed by atoms with Crippen molar-refractivity contribution in [1.29, 1.82) is 0 Å². The lowest BCUT2D eigenvalue weighted by molar-refractivity contribution is -0.384. The van der Waals surface area contributed by atoms with Crippen molar-refractivity contribution in [3.63, 3.8) is 0 Å². The third-order valence-electron chi connectivity index (χ3n) is 3.49. The highest BCUT2D eigenvalue weighted by atomic mass is 127. The molecule has 122 valence electrons. The van der Waals surface area contributed by atoms with Crippen LogP contribution in [0.4, 0.5) is 11.4 Å². The van der Waals surface area contributed by atoms with Gasteiger partial charge in [0, 0.05) is 11.6 Å². The molecule has 0 fully saturated rings. The first-order valence-electron chi connectivity index (χ1n) is 7.04. The van der Waals surface area contributed by atoms with E-state index in [1.807, 2.05) is 24.3 Å². The van der Waals surface area contributed by atoms with Crippen molar-refractivity contribution in [2.24, 2.45) is 0 Å². The van der Waals surface area contributed by atoms with Gasteiger partial charge >= 0.3 is 5.69 Å². The molecule has 1 N–H and O–H groups in total. The van der Waals surface area contributed by atoms with Gasteiger partial charge < -0.3 is 10.1 Å². The Balaban J connectivity index is 2.10. The molecule has 2 aromatic heterocycles. The SMILES string of the molecule is COc1cc2c(NCc3ccccn3)c([N+](=O)[O-])cnc2cc1I. The fourth-order valence-electron chi connectivity index (χ4n) is 2.35. The molecule has 0 bridgehead atoms. The molecule has 8 heteroatoms. The van der Waals surface area contributed by atoms with Gasteiger partial charge in [-0.15, -0.1) is 0 Å². The highest BCUT2D eigenvalue weighted by molar-refractivity contribution is 14.1. The summed E-state index contributed by atoms with van der Waals surface area (Å²) in [6, 6.07) is 9.14. The van der Waals surface area contributed by atoms with Gasteiger partial charge in [-0.1, -0.05) is 6.07 Å². The summed E-state index contributed by atoms with van der Waals surface area (Å²) in [4.78, 5) is 19.3. The molecule has 2 heterocycles. The monoisotopic (exact) mass is 436 g/mol. The Morgan fingerprint density at radius 3 is 2.83 bits per heavy atom. The van der Waals surface area contributed by atoms with Crippen LogP contribution >= 0.6 is 22.6 Å². The van der Waals surface area contributed by atoms with Crippen molar-refractivity contribution in [3.05, 3.63) is 62.1 Å². The molecule has 0 spiro atoms. The predicted octanol–water partition coefficient (Wildman–Crippen LogP) is 3.76. The van der Waals surface area contributed by atoms with E-state index in [0.717, 1.165) is 9.26 Å². The summed E-state index contributed by atoms with van der Waals surface area (Å²) < 4.78 is 6.21. The zero-order valence-electron chi connectivity index (χ0n) is 12.7. The lowest BCUT2D eigenvalue weighted by Crippen LogP contribution is -2.05. The number of aromatic nitrogens is 2. The van der Waals surface area contributed by atoms with Crippen LogP contribution in [0.3, 0.4) is 0 Å². The standard InChI is InChI=1S/C16H13IN4O3/c1-24-15-6-11-13(7-12(15)17)19-9-14(21(22)23)16(11)20-8-10-4-2-3-5-18-10/h2-7,9H,8H2,1H3,(H,19,20). The second-order valence-electron chi connectivity index (χ2n) is 4.95. The van der Waals surface area contributed by atoms with Gasteiger partial charge in [0.2, 0.25) is 0 Å². The lowest BCUT2D eigenvalue weighted by Gasteiger charge is -2.12. The van der Waals surface area contributed by atoms with Crippen LogP contribution in [-0.4, -0.2) is 22.0 Å². The molecule has 24 heavy (non-hydrogen) atoms. The maximum absolute atomic E-state index is 11.4. The number of nitro groups is 1. The number of rotatable bonds is 5. The van der Waals surface area contributed by atoms with Crippen LogP contribution < -0.4 is 10.1 Å². The molecule has 0 saturated heterocycles. The molecule has 0 amide bonds. The molecule has 0 saturated carbocycles. The summed E-state index contributed by atoms with van der Waals surface area (Å²) in [5.41, 5.74) is 1.77. The van der Waals surface area contributed by atoms with Crippen LogP contribution in [0.2, 0.25) is 0 Å². The summed E-state index contributed by atoms with van der Waals surface area (Å²) in [6.45, 7) is 0.370. The fourth-order valence-corrected chi connectivity index (χ4v) is 3.02. The molecular weight excluding hydrogens is 423 g/mol. The number of halogens is 1. The zero-order chi connectivity index (χ0) is 17.1. The van der Waals surface area contributed by atoms with E-state index in [0.29, 0.717) is 28.9 Å². The van der Waals surface area contributed by atoms with Gasteiger partial charge in [-0.3, -0.25) is 15.1 Å². The van der Waals surface area contributed by atoms with Gasteiger partial charge in [-0.05, 0) is 46.9 Å². The van der Waals surface area contributed by atoms with Gasteiger partial charge in [0.15, 0.2) is 0 Å². The summed E-state index contributed by atoms with van der Waals surface area (Å²) in [6.07, 6.45) is 2.95. The van der Waals surface area contributed by atoms with E-state index in [-0.39, 0.29) is 5.69 Å². The number of anilines is 1. The highest BCUT2D eigenvalue weighted by Crippen LogP contribution is 2.36. The number of hydrogen-bond acceptors (Lipinski definition) is 6. The van der Waals surface area contributed by atoms with Crippen molar-refractivity contribution in [2.45, 2.75) is 6.54 Å². The number of methoxy groups -OCH3 is 1. The van der Waals surface area contributed by atoms with Crippen LogP contribution in [0.25, 0.3) is 10.9 Å². The van der Waals surface area contributed by atoms with Crippen molar-refractivity contribution < 1.29 is 9.66 Å². The average molecular weight is 436 g/mol. The molecule has 0 aliphatic rings. The smallest absolute Gasteiger partial charge is 0.311 e. The van der Waals surface area contributed by atoms with Crippen LogP contribution in [0, 0.1) is 13.7 Å². The Hall–Kier alpha value is -2.49. The zero-order valence-corrected chi connectivity index (χ0v) is 14.9. The van der Waals surface area contributed by atoms with Gasteiger partial charge in [0.1, 0.15) is 17.6 Å². The predicted molar refractivity (Wildman–Crippen MR) is 99.2 cm³/mol. The Morgan fingerprint density at radius 2 is 2.17 bits per heavy atom. The molecule has 0 radical (unpaired) electrons. The van der Waals surface area contributed by atoms with E-state index in [2.05, 4.69) is 37.9 Å². The first kappa shape index (κ1) is 16.4. The van der Waals surface area contributed by atoms with Gasteiger partial charge in [0.05, 0.1) is 33.4 Å². The number of benzene rings is 1. The minimum absolute atomic E-state index is 0.0818. The first-order valence-corrected chi connectivity index (χ1v) is 8.12. The van der Waals surface area contributed by atoms with Crippen LogP contribution in [0.5, 0.6) is 5.75 Å². The molecule has 0 aliphatic carbocycles. The topological polar surface area (TPSA) is 90.2 Å². The largest absolute Gasteiger partial charge is 0.496 e. The molecule has 1 aromatic carbocycles.